The number of ether oxygens (including phenoxy) is 2. The Morgan fingerprint density at radius 2 is 1.94 bits per heavy atom. The van der Waals surface area contributed by atoms with Gasteiger partial charge in [0, 0.05) is 30.7 Å². The summed E-state index contributed by atoms with van der Waals surface area (Å²) in [7, 11) is 0. The molecule has 1 aromatic rings. The Hall–Kier alpha value is -2.39. The average Bonchev–Trinajstić information content (AvgIpc) is 3.08. The molecule has 0 spiro atoms. The van der Waals surface area contributed by atoms with E-state index in [9.17, 15) is 19.1 Å². The van der Waals surface area contributed by atoms with Gasteiger partial charge < -0.3 is 24.4 Å². The first-order chi connectivity index (χ1) is 16.7. The van der Waals surface area contributed by atoms with E-state index in [1.165, 1.54) is 18.6 Å². The number of morpholine rings is 1. The molecule has 0 radical (unpaired) electrons. The summed E-state index contributed by atoms with van der Waals surface area (Å²) in [6.07, 6.45) is 3.14. The molecule has 194 valence electrons. The van der Waals surface area contributed by atoms with E-state index in [2.05, 4.69) is 5.32 Å². The highest BCUT2D eigenvalue weighted by molar-refractivity contribution is 5.83. The number of benzene rings is 1. The van der Waals surface area contributed by atoms with Gasteiger partial charge in [-0.1, -0.05) is 46.0 Å². The van der Waals surface area contributed by atoms with E-state index in [0.717, 1.165) is 36.9 Å². The summed E-state index contributed by atoms with van der Waals surface area (Å²) in [6.45, 7) is 6.67. The van der Waals surface area contributed by atoms with Crippen LogP contribution in [-0.2, 0) is 19.7 Å². The fraction of sp³-hybridized carbons (Fsp3) is 0.692. The van der Waals surface area contributed by atoms with Crippen molar-refractivity contribution in [3.8, 4) is 0 Å². The number of nitrogens with zero attached hydrogens (tertiary/aromatic N) is 2. The van der Waals surface area contributed by atoms with E-state index < -0.39 is 18.4 Å². The summed E-state index contributed by atoms with van der Waals surface area (Å²) in [5.74, 6) is -0.143. The fourth-order valence-electron chi connectivity index (χ4n) is 5.60. The molecule has 35 heavy (non-hydrogen) atoms. The van der Waals surface area contributed by atoms with Gasteiger partial charge in [-0.05, 0) is 36.1 Å². The van der Waals surface area contributed by atoms with Crippen LogP contribution in [0.3, 0.4) is 0 Å². The number of anilines is 1. The van der Waals surface area contributed by atoms with Crippen molar-refractivity contribution in [3.63, 3.8) is 0 Å². The zero-order valence-corrected chi connectivity index (χ0v) is 20.8. The van der Waals surface area contributed by atoms with E-state index in [1.807, 2.05) is 18.7 Å². The number of aliphatic hydroxyl groups excluding tert-OH is 1. The summed E-state index contributed by atoms with van der Waals surface area (Å²) in [4.78, 5) is 29.5. The van der Waals surface area contributed by atoms with Gasteiger partial charge in [0.25, 0.3) is 5.91 Å². The molecule has 2 heterocycles. The number of aliphatic hydroxyl groups is 1. The maximum atomic E-state index is 13.8. The third kappa shape index (κ3) is 6.44. The zero-order valence-electron chi connectivity index (χ0n) is 20.8. The number of amides is 2. The molecule has 8 nitrogen and oxygen atoms in total. The lowest BCUT2D eigenvalue weighted by molar-refractivity contribution is -0.145. The lowest BCUT2D eigenvalue weighted by atomic mass is 9.85. The number of alkyl carbamates (subject to hydrolysis) is 1. The summed E-state index contributed by atoms with van der Waals surface area (Å²) in [5.41, 5.74) is 1.42. The Morgan fingerprint density at radius 3 is 2.66 bits per heavy atom. The van der Waals surface area contributed by atoms with Crippen LogP contribution in [0.25, 0.3) is 0 Å². The maximum absolute atomic E-state index is 13.8. The van der Waals surface area contributed by atoms with Crippen LogP contribution in [0, 0.1) is 11.7 Å². The molecule has 4 rings (SSSR count). The van der Waals surface area contributed by atoms with Gasteiger partial charge in [0.15, 0.2) is 6.10 Å². The molecule has 2 atom stereocenters. The molecule has 1 unspecified atom stereocenters. The summed E-state index contributed by atoms with van der Waals surface area (Å²) < 4.78 is 24.7. The molecule has 0 bridgehead atoms. The molecule has 2 fully saturated rings. The Labute approximate surface area is 206 Å². The molecule has 2 amide bonds. The van der Waals surface area contributed by atoms with Crippen molar-refractivity contribution in [1.82, 2.24) is 10.2 Å². The first-order valence-electron chi connectivity index (χ1n) is 12.8. The number of β-amino-alcohol motifs (C(OH)–C–C–N with tert-alkyl or cyclic N) is 1. The minimum absolute atomic E-state index is 0.127. The van der Waals surface area contributed by atoms with Crippen LogP contribution < -0.4 is 10.2 Å². The molecule has 0 aromatic heterocycles. The number of nitrogens with one attached hydrogen (secondary N) is 1. The van der Waals surface area contributed by atoms with Crippen molar-refractivity contribution < 1.29 is 28.6 Å². The van der Waals surface area contributed by atoms with Crippen LogP contribution in [0.1, 0.15) is 57.9 Å². The van der Waals surface area contributed by atoms with Crippen LogP contribution >= 0.6 is 0 Å². The second-order valence-corrected chi connectivity index (χ2v) is 10.7. The number of carbonyl (C=O) groups excluding carboxylic acids is 2. The first-order valence-corrected chi connectivity index (χ1v) is 12.8. The van der Waals surface area contributed by atoms with Crippen LogP contribution in [-0.4, -0.2) is 73.7 Å². The van der Waals surface area contributed by atoms with Crippen LogP contribution in [0.5, 0.6) is 0 Å². The minimum atomic E-state index is -1.21. The number of hydrogen-bond donors (Lipinski definition) is 2. The van der Waals surface area contributed by atoms with Crippen molar-refractivity contribution in [3.05, 3.63) is 29.6 Å². The number of rotatable bonds is 7. The monoisotopic (exact) mass is 491 g/mol. The Kier molecular flexibility index (Phi) is 8.16. The second-order valence-electron chi connectivity index (χ2n) is 10.7. The zero-order chi connectivity index (χ0) is 25.0. The van der Waals surface area contributed by atoms with Crippen LogP contribution in [0.15, 0.2) is 18.2 Å². The molecule has 3 aliphatic rings. The van der Waals surface area contributed by atoms with Gasteiger partial charge in [-0.3, -0.25) is 10.1 Å². The first kappa shape index (κ1) is 25.7. The molecule has 2 N–H and O–H groups in total. The molecule has 1 saturated carbocycles. The highest BCUT2D eigenvalue weighted by Crippen LogP contribution is 2.40. The summed E-state index contributed by atoms with van der Waals surface area (Å²) in [6, 6.07) is 4.62. The molecule has 9 heteroatoms. The second kappa shape index (κ2) is 11.1. The number of halogens is 1. The quantitative estimate of drug-likeness (QED) is 0.570. The topological polar surface area (TPSA) is 91.3 Å². The van der Waals surface area contributed by atoms with E-state index in [0.29, 0.717) is 45.2 Å². The third-order valence-corrected chi connectivity index (χ3v) is 7.41. The smallest absolute Gasteiger partial charge is 0.410 e. The van der Waals surface area contributed by atoms with E-state index in [4.69, 9.17) is 9.47 Å². The van der Waals surface area contributed by atoms with Gasteiger partial charge in [-0.25, -0.2) is 9.18 Å². The number of fused-ring (bicyclic) bond motifs is 1. The van der Waals surface area contributed by atoms with Gasteiger partial charge in [0.2, 0.25) is 0 Å². The minimum Gasteiger partial charge on any atom is -0.436 e. The van der Waals surface area contributed by atoms with Gasteiger partial charge >= 0.3 is 6.09 Å². The average molecular weight is 492 g/mol. The highest BCUT2D eigenvalue weighted by Gasteiger charge is 2.37. The Balaban J connectivity index is 1.36. The predicted octanol–water partition coefficient (Wildman–Crippen LogP) is 3.17. The summed E-state index contributed by atoms with van der Waals surface area (Å²) in [5, 5.41) is 13.1. The third-order valence-electron chi connectivity index (χ3n) is 7.41. The van der Waals surface area contributed by atoms with E-state index in [1.54, 1.807) is 11.0 Å². The normalized spacial score (nSPS) is 21.8. The van der Waals surface area contributed by atoms with Crippen molar-refractivity contribution in [2.75, 3.05) is 44.3 Å². The van der Waals surface area contributed by atoms with Crippen molar-refractivity contribution in [2.24, 2.45) is 5.92 Å². The number of carbonyl (C=O) groups is 2. The fourth-order valence-corrected chi connectivity index (χ4v) is 5.60. The van der Waals surface area contributed by atoms with Gasteiger partial charge in [-0.2, -0.15) is 0 Å². The van der Waals surface area contributed by atoms with Crippen LogP contribution in [0.2, 0.25) is 0 Å². The van der Waals surface area contributed by atoms with Crippen molar-refractivity contribution in [1.29, 1.82) is 0 Å². The lowest BCUT2D eigenvalue weighted by Crippen LogP contribution is -2.50. The molecular formula is C26H38FN3O5. The van der Waals surface area contributed by atoms with Crippen LogP contribution in [0.4, 0.5) is 14.9 Å². The molecule has 1 saturated heterocycles. The van der Waals surface area contributed by atoms with Gasteiger partial charge in [0.1, 0.15) is 12.0 Å². The summed E-state index contributed by atoms with van der Waals surface area (Å²) >= 11 is 0. The Morgan fingerprint density at radius 1 is 1.23 bits per heavy atom. The highest BCUT2D eigenvalue weighted by atomic mass is 19.1. The van der Waals surface area contributed by atoms with Crippen molar-refractivity contribution in [2.45, 2.75) is 70.1 Å². The standard InChI is InChI=1S/C26H38FN3O5/c1-26(2)17-30(21-9-8-19(27)15-20(21)26)16-23(31)28-25(33)35-22(14-18-6-4-3-5-7-18)24(32)29-10-12-34-13-11-29/h8-9,15,18,22-23,31H,3-7,10-14,16-17H2,1-2H3,(H,28,33)/t22?,23-/m0/s1. The molecule has 2 aliphatic heterocycles. The Bertz CT molecular complexity index is 899. The van der Waals surface area contributed by atoms with Gasteiger partial charge in [0.05, 0.1) is 19.8 Å². The predicted molar refractivity (Wildman–Crippen MR) is 130 cm³/mol. The van der Waals surface area contributed by atoms with E-state index in [-0.39, 0.29) is 23.7 Å². The SMILES string of the molecule is CC1(C)CN(C[C@H](O)NC(=O)OC(CC2CCCCC2)C(=O)N2CCOCC2)c2ccc(F)cc21. The molecule has 1 aliphatic carbocycles. The van der Waals surface area contributed by atoms with Gasteiger partial charge in [-0.15, -0.1) is 0 Å². The number of hydrogen-bond acceptors (Lipinski definition) is 6. The molecule has 1 aromatic carbocycles. The van der Waals surface area contributed by atoms with Crippen molar-refractivity contribution >= 4 is 17.7 Å². The lowest BCUT2D eigenvalue weighted by Gasteiger charge is -2.32. The molecular weight excluding hydrogens is 453 g/mol. The van der Waals surface area contributed by atoms with E-state index >= 15 is 0 Å². The maximum Gasteiger partial charge on any atom is 0.410 e. The largest absolute Gasteiger partial charge is 0.436 e.